The number of para-hydroxylation sites is 1. The highest BCUT2D eigenvalue weighted by Crippen LogP contribution is 2.33. The summed E-state index contributed by atoms with van der Waals surface area (Å²) in [6, 6.07) is 15.7. The number of urea groups is 1. The molecule has 5 rings (SSSR count). The molecule has 0 saturated carbocycles. The van der Waals surface area contributed by atoms with Gasteiger partial charge in [-0.15, -0.1) is 10.2 Å². The lowest BCUT2D eigenvalue weighted by Crippen LogP contribution is -2.40. The van der Waals surface area contributed by atoms with Gasteiger partial charge in [-0.1, -0.05) is 18.2 Å². The van der Waals surface area contributed by atoms with E-state index in [9.17, 15) is 9.59 Å². The third-order valence-corrected chi connectivity index (χ3v) is 5.29. The third-order valence-electron chi connectivity index (χ3n) is 5.29. The molecule has 1 atom stereocenters. The van der Waals surface area contributed by atoms with Crippen molar-refractivity contribution in [2.75, 3.05) is 7.11 Å². The first-order valence-electron chi connectivity index (χ1n) is 9.58. The average Bonchev–Trinajstić information content (AvgIpc) is 3.48. The number of nitrogens with one attached hydrogen (secondary N) is 1. The number of imide groups is 1. The molecule has 3 heterocycles. The predicted molar refractivity (Wildman–Crippen MR) is 109 cm³/mol. The normalized spacial score (nSPS) is 18.6. The summed E-state index contributed by atoms with van der Waals surface area (Å²) in [5, 5.41) is 11.6. The van der Waals surface area contributed by atoms with Crippen LogP contribution in [0.3, 0.4) is 0 Å². The number of methoxy groups -OCH3 is 1. The summed E-state index contributed by atoms with van der Waals surface area (Å²) in [7, 11) is 1.58. The SMILES string of the molecule is COc1ccc(-c2nnc(CN3C(=O)NC(C)(c4cc5ccccc5o4)C3=O)o2)cc1. The first kappa shape index (κ1) is 18.9. The molecule has 9 heteroatoms. The lowest BCUT2D eigenvalue weighted by atomic mass is 9.99. The number of carbonyl (C=O) groups is 2. The van der Waals surface area contributed by atoms with Crippen LogP contribution >= 0.6 is 0 Å². The van der Waals surface area contributed by atoms with Crippen LogP contribution in [-0.4, -0.2) is 34.1 Å². The first-order valence-corrected chi connectivity index (χ1v) is 9.58. The minimum absolute atomic E-state index is 0.142. The summed E-state index contributed by atoms with van der Waals surface area (Å²) >= 11 is 0. The van der Waals surface area contributed by atoms with E-state index in [0.717, 1.165) is 10.3 Å². The first-order chi connectivity index (χ1) is 15.0. The van der Waals surface area contributed by atoms with Crippen molar-refractivity contribution in [1.29, 1.82) is 0 Å². The van der Waals surface area contributed by atoms with Gasteiger partial charge in [0.2, 0.25) is 11.8 Å². The van der Waals surface area contributed by atoms with Crippen molar-refractivity contribution in [2.24, 2.45) is 0 Å². The highest BCUT2D eigenvalue weighted by molar-refractivity contribution is 6.07. The Hall–Kier alpha value is -4.14. The maximum Gasteiger partial charge on any atom is 0.325 e. The van der Waals surface area contributed by atoms with Crippen molar-refractivity contribution >= 4 is 22.9 Å². The predicted octanol–water partition coefficient (Wildman–Crippen LogP) is 3.46. The second kappa shape index (κ2) is 6.98. The zero-order chi connectivity index (χ0) is 21.6. The fourth-order valence-electron chi connectivity index (χ4n) is 3.54. The summed E-state index contributed by atoms with van der Waals surface area (Å²) < 4.78 is 16.6. The molecule has 1 saturated heterocycles. The number of ether oxygens (including phenoxy) is 1. The number of carbonyl (C=O) groups excluding carboxylic acids is 2. The fourth-order valence-corrected chi connectivity index (χ4v) is 3.54. The number of furan rings is 1. The van der Waals surface area contributed by atoms with Gasteiger partial charge in [-0.05, 0) is 43.3 Å². The smallest absolute Gasteiger partial charge is 0.325 e. The number of aromatic nitrogens is 2. The van der Waals surface area contributed by atoms with Gasteiger partial charge in [-0.25, -0.2) is 4.79 Å². The summed E-state index contributed by atoms with van der Waals surface area (Å²) in [5.74, 6) is 1.03. The number of amides is 3. The van der Waals surface area contributed by atoms with Gasteiger partial charge < -0.3 is 18.9 Å². The number of benzene rings is 2. The van der Waals surface area contributed by atoms with Crippen LogP contribution in [-0.2, 0) is 16.9 Å². The van der Waals surface area contributed by atoms with E-state index in [1.165, 1.54) is 0 Å². The molecule has 9 nitrogen and oxygen atoms in total. The highest BCUT2D eigenvalue weighted by Gasteiger charge is 2.51. The Balaban J connectivity index is 1.38. The maximum atomic E-state index is 13.1. The fraction of sp³-hybridized carbons (Fsp3) is 0.182. The number of fused-ring (bicyclic) bond motifs is 1. The van der Waals surface area contributed by atoms with Crippen molar-refractivity contribution in [2.45, 2.75) is 19.0 Å². The molecule has 1 aliphatic heterocycles. The minimum atomic E-state index is -1.32. The molecule has 1 N–H and O–H groups in total. The van der Waals surface area contributed by atoms with Crippen molar-refractivity contribution < 1.29 is 23.2 Å². The summed E-state index contributed by atoms with van der Waals surface area (Å²) in [6.45, 7) is 1.46. The van der Waals surface area contributed by atoms with Gasteiger partial charge in [-0.3, -0.25) is 9.69 Å². The van der Waals surface area contributed by atoms with Crippen LogP contribution in [0.25, 0.3) is 22.4 Å². The van der Waals surface area contributed by atoms with Crippen LogP contribution in [0, 0.1) is 0 Å². The van der Waals surface area contributed by atoms with Crippen molar-refractivity contribution in [3.8, 4) is 17.2 Å². The largest absolute Gasteiger partial charge is 0.497 e. The van der Waals surface area contributed by atoms with Gasteiger partial charge in [0.25, 0.3) is 5.91 Å². The molecule has 1 aliphatic rings. The van der Waals surface area contributed by atoms with E-state index < -0.39 is 17.5 Å². The second-order valence-electron chi connectivity index (χ2n) is 7.32. The summed E-state index contributed by atoms with van der Waals surface area (Å²) in [6.07, 6.45) is 0. The van der Waals surface area contributed by atoms with Gasteiger partial charge in [0.1, 0.15) is 23.6 Å². The van der Waals surface area contributed by atoms with Crippen LogP contribution in [0.1, 0.15) is 18.6 Å². The van der Waals surface area contributed by atoms with E-state index in [-0.39, 0.29) is 18.3 Å². The van der Waals surface area contributed by atoms with Gasteiger partial charge in [0.05, 0.1) is 7.11 Å². The molecule has 2 aromatic carbocycles. The Labute approximate surface area is 176 Å². The van der Waals surface area contributed by atoms with E-state index in [1.807, 2.05) is 18.2 Å². The van der Waals surface area contributed by atoms with E-state index in [0.29, 0.717) is 22.7 Å². The lowest BCUT2D eigenvalue weighted by Gasteiger charge is -2.18. The molecule has 3 amide bonds. The number of hydrogen-bond donors (Lipinski definition) is 1. The molecule has 0 bridgehead atoms. The Morgan fingerprint density at radius 3 is 2.58 bits per heavy atom. The van der Waals surface area contributed by atoms with E-state index in [1.54, 1.807) is 50.4 Å². The molecule has 0 spiro atoms. The van der Waals surface area contributed by atoms with E-state index in [4.69, 9.17) is 13.6 Å². The third kappa shape index (κ3) is 3.10. The van der Waals surface area contributed by atoms with Crippen LogP contribution < -0.4 is 10.1 Å². The zero-order valence-corrected chi connectivity index (χ0v) is 16.8. The van der Waals surface area contributed by atoms with Crippen LogP contribution in [0.5, 0.6) is 5.75 Å². The van der Waals surface area contributed by atoms with Crippen LogP contribution in [0.15, 0.2) is 63.4 Å². The van der Waals surface area contributed by atoms with Crippen molar-refractivity contribution in [3.05, 3.63) is 66.2 Å². The molecular formula is C22H18N4O5. The van der Waals surface area contributed by atoms with E-state index in [2.05, 4.69) is 15.5 Å². The second-order valence-corrected chi connectivity index (χ2v) is 7.32. The lowest BCUT2D eigenvalue weighted by molar-refractivity contribution is -0.132. The zero-order valence-electron chi connectivity index (χ0n) is 16.8. The van der Waals surface area contributed by atoms with Crippen LogP contribution in [0.4, 0.5) is 4.79 Å². The average molecular weight is 418 g/mol. The molecule has 156 valence electrons. The molecule has 1 fully saturated rings. The molecule has 1 unspecified atom stereocenters. The Kier molecular flexibility index (Phi) is 4.25. The quantitative estimate of drug-likeness (QED) is 0.494. The molecule has 31 heavy (non-hydrogen) atoms. The number of hydrogen-bond acceptors (Lipinski definition) is 7. The van der Waals surface area contributed by atoms with Gasteiger partial charge in [-0.2, -0.15) is 0 Å². The van der Waals surface area contributed by atoms with Crippen LogP contribution in [0.2, 0.25) is 0 Å². The van der Waals surface area contributed by atoms with Crippen molar-refractivity contribution in [3.63, 3.8) is 0 Å². The highest BCUT2D eigenvalue weighted by atomic mass is 16.5. The summed E-state index contributed by atoms with van der Waals surface area (Å²) in [5.41, 5.74) is 0.0127. The Morgan fingerprint density at radius 1 is 1.06 bits per heavy atom. The molecule has 2 aromatic heterocycles. The number of rotatable bonds is 5. The summed E-state index contributed by atoms with van der Waals surface area (Å²) in [4.78, 5) is 26.8. The van der Waals surface area contributed by atoms with E-state index >= 15 is 0 Å². The maximum absolute atomic E-state index is 13.1. The molecule has 0 aliphatic carbocycles. The number of nitrogens with zero attached hydrogens (tertiary/aromatic N) is 3. The van der Waals surface area contributed by atoms with Gasteiger partial charge >= 0.3 is 6.03 Å². The Bertz CT molecular complexity index is 1260. The van der Waals surface area contributed by atoms with Gasteiger partial charge in [0, 0.05) is 10.9 Å². The van der Waals surface area contributed by atoms with Crippen molar-refractivity contribution in [1.82, 2.24) is 20.4 Å². The molecular weight excluding hydrogens is 400 g/mol. The monoisotopic (exact) mass is 418 g/mol. The Morgan fingerprint density at radius 2 is 1.84 bits per heavy atom. The standard InChI is InChI=1S/C22H18N4O5/c1-22(17-11-14-5-3-4-6-16(14)30-17)20(27)26(21(28)23-22)12-18-24-25-19(31-18)13-7-9-15(29-2)10-8-13/h3-11H,12H2,1-2H3,(H,23,28). The molecule has 0 radical (unpaired) electrons. The topological polar surface area (TPSA) is 111 Å². The van der Waals surface area contributed by atoms with Gasteiger partial charge in [0.15, 0.2) is 5.54 Å². The molecule has 4 aromatic rings. The minimum Gasteiger partial charge on any atom is -0.497 e.